The van der Waals surface area contributed by atoms with Crippen molar-refractivity contribution in [3.05, 3.63) is 29.3 Å². The summed E-state index contributed by atoms with van der Waals surface area (Å²) in [5.74, 6) is -0.0941. The minimum Gasteiger partial charge on any atom is -0.386 e. The summed E-state index contributed by atoms with van der Waals surface area (Å²) in [5, 5.41) is 7.72. The molecule has 0 aliphatic heterocycles. The molecule has 1 aromatic rings. The zero-order chi connectivity index (χ0) is 15.0. The summed E-state index contributed by atoms with van der Waals surface area (Å²) in [7, 11) is -3.67. The Kier molecular flexibility index (Phi) is 3.88. The van der Waals surface area contributed by atoms with Gasteiger partial charge in [-0.05, 0) is 38.3 Å². The number of nitrogens with two attached hydrogens (primary N) is 1. The molecule has 20 heavy (non-hydrogen) atoms. The van der Waals surface area contributed by atoms with E-state index >= 15 is 0 Å². The van der Waals surface area contributed by atoms with E-state index in [1.54, 1.807) is 19.1 Å². The fraction of sp³-hybridized carbons (Fsp3) is 0.500. The highest BCUT2D eigenvalue weighted by Crippen LogP contribution is 2.31. The van der Waals surface area contributed by atoms with Gasteiger partial charge in [0.05, 0.1) is 10.4 Å². The van der Waals surface area contributed by atoms with Crippen molar-refractivity contribution in [3.8, 4) is 0 Å². The molecular formula is C14H21N3O2S. The molecule has 4 N–H and O–H groups in total. The summed E-state index contributed by atoms with van der Waals surface area (Å²) in [6, 6.07) is 5.22. The molecule has 0 aromatic heterocycles. The Hall–Kier alpha value is -1.40. The van der Waals surface area contributed by atoms with Gasteiger partial charge >= 0.3 is 0 Å². The van der Waals surface area contributed by atoms with Crippen molar-refractivity contribution in [1.82, 2.24) is 4.72 Å². The second-order valence-corrected chi connectivity index (χ2v) is 7.23. The average molecular weight is 295 g/mol. The third kappa shape index (κ3) is 2.71. The van der Waals surface area contributed by atoms with E-state index in [9.17, 15) is 8.42 Å². The normalized spacial score (nSPS) is 18.1. The maximum absolute atomic E-state index is 12.6. The Balaban J connectivity index is 2.38. The van der Waals surface area contributed by atoms with Gasteiger partial charge < -0.3 is 5.73 Å². The van der Waals surface area contributed by atoms with Gasteiger partial charge in [0.25, 0.3) is 0 Å². The van der Waals surface area contributed by atoms with Crippen LogP contribution in [0.25, 0.3) is 0 Å². The smallest absolute Gasteiger partial charge is 0.241 e. The molecule has 0 atom stereocenters. The van der Waals surface area contributed by atoms with Crippen LogP contribution in [0.5, 0.6) is 0 Å². The molecule has 6 heteroatoms. The first-order valence-electron chi connectivity index (χ1n) is 6.73. The Morgan fingerprint density at radius 3 is 2.40 bits per heavy atom. The average Bonchev–Trinajstić information content (AvgIpc) is 2.77. The highest BCUT2D eigenvalue weighted by Gasteiger charge is 2.41. The molecule has 1 aliphatic carbocycles. The number of nitrogens with one attached hydrogen (secondary N) is 2. The molecule has 1 saturated carbocycles. The molecule has 1 fully saturated rings. The zero-order valence-electron chi connectivity index (χ0n) is 11.9. The number of hydrogen-bond donors (Lipinski definition) is 3. The van der Waals surface area contributed by atoms with Crippen LogP contribution in [0.1, 0.15) is 36.8 Å². The maximum Gasteiger partial charge on any atom is 0.241 e. The molecule has 0 saturated heterocycles. The first kappa shape index (κ1) is 15.0. The predicted molar refractivity (Wildman–Crippen MR) is 79.4 cm³/mol. The molecule has 0 unspecified atom stereocenters. The summed E-state index contributed by atoms with van der Waals surface area (Å²) in [6.07, 6.45) is 2.95. The van der Waals surface area contributed by atoms with Gasteiger partial charge in [0, 0.05) is 0 Å². The molecule has 1 aromatic carbocycles. The van der Waals surface area contributed by atoms with E-state index in [2.05, 4.69) is 4.72 Å². The van der Waals surface area contributed by atoms with E-state index in [-0.39, 0.29) is 10.7 Å². The predicted octanol–water partition coefficient (Wildman–Crippen LogP) is 1.83. The third-order valence-electron chi connectivity index (χ3n) is 3.92. The van der Waals surface area contributed by atoms with Crippen LogP contribution in [0.2, 0.25) is 0 Å². The molecule has 1 aliphatic rings. The Bertz CT molecular complexity index is 632. The van der Waals surface area contributed by atoms with Crippen molar-refractivity contribution >= 4 is 15.9 Å². The molecular weight excluding hydrogens is 274 g/mol. The number of hydrogen-bond acceptors (Lipinski definition) is 3. The molecule has 110 valence electrons. The lowest BCUT2D eigenvalue weighted by Crippen LogP contribution is -2.55. The Morgan fingerprint density at radius 2 is 1.90 bits per heavy atom. The third-order valence-corrected chi connectivity index (χ3v) is 5.62. The summed E-state index contributed by atoms with van der Waals surface area (Å²) in [4.78, 5) is 0.260. The number of benzene rings is 1. The molecule has 0 bridgehead atoms. The Morgan fingerprint density at radius 1 is 1.30 bits per heavy atom. The van der Waals surface area contributed by atoms with Gasteiger partial charge in [-0.1, -0.05) is 30.5 Å². The fourth-order valence-corrected chi connectivity index (χ4v) is 4.49. The van der Waals surface area contributed by atoms with Crippen LogP contribution in [-0.4, -0.2) is 19.8 Å². The van der Waals surface area contributed by atoms with Crippen molar-refractivity contribution in [2.75, 3.05) is 0 Å². The SMILES string of the molecule is Cc1ccc(S(=O)(=O)NC2(C(=N)N)CCCC2)c(C)c1. The molecule has 0 amide bonds. The maximum atomic E-state index is 12.6. The van der Waals surface area contributed by atoms with E-state index in [1.165, 1.54) is 0 Å². The monoisotopic (exact) mass is 295 g/mol. The van der Waals surface area contributed by atoms with Gasteiger partial charge in [0.2, 0.25) is 10.0 Å². The zero-order valence-corrected chi connectivity index (χ0v) is 12.7. The van der Waals surface area contributed by atoms with Crippen LogP contribution < -0.4 is 10.5 Å². The van der Waals surface area contributed by atoms with Crippen LogP contribution in [0.4, 0.5) is 0 Å². The standard InChI is InChI=1S/C14H21N3O2S/c1-10-5-6-12(11(2)9-10)20(18,19)17-14(13(15)16)7-3-4-8-14/h5-6,9,17H,3-4,7-8H2,1-2H3,(H3,15,16). The van der Waals surface area contributed by atoms with Crippen LogP contribution in [-0.2, 0) is 10.0 Å². The number of aryl methyl sites for hydroxylation is 2. The number of amidine groups is 1. The van der Waals surface area contributed by atoms with Gasteiger partial charge in [0.15, 0.2) is 0 Å². The van der Waals surface area contributed by atoms with E-state index < -0.39 is 15.6 Å². The first-order valence-corrected chi connectivity index (χ1v) is 8.21. The second-order valence-electron chi connectivity index (χ2n) is 5.58. The second kappa shape index (κ2) is 5.18. The summed E-state index contributed by atoms with van der Waals surface area (Å²) in [5.41, 5.74) is 6.45. The quantitative estimate of drug-likeness (QED) is 0.584. The lowest BCUT2D eigenvalue weighted by Gasteiger charge is -2.28. The van der Waals surface area contributed by atoms with Crippen LogP contribution in [0.15, 0.2) is 23.1 Å². The lowest BCUT2D eigenvalue weighted by molar-refractivity contribution is 0.496. The van der Waals surface area contributed by atoms with E-state index in [4.69, 9.17) is 11.1 Å². The summed E-state index contributed by atoms with van der Waals surface area (Å²) >= 11 is 0. The van der Waals surface area contributed by atoms with Crippen molar-refractivity contribution in [2.24, 2.45) is 5.73 Å². The van der Waals surface area contributed by atoms with Crippen LogP contribution in [0, 0.1) is 19.3 Å². The van der Waals surface area contributed by atoms with Gasteiger partial charge in [-0.2, -0.15) is 4.72 Å². The van der Waals surface area contributed by atoms with Gasteiger partial charge in [0.1, 0.15) is 5.84 Å². The van der Waals surface area contributed by atoms with Crippen molar-refractivity contribution < 1.29 is 8.42 Å². The minimum absolute atomic E-state index is 0.0941. The fourth-order valence-electron chi connectivity index (χ4n) is 2.82. The highest BCUT2D eigenvalue weighted by atomic mass is 32.2. The molecule has 0 heterocycles. The number of rotatable bonds is 4. The van der Waals surface area contributed by atoms with Crippen molar-refractivity contribution in [1.29, 1.82) is 5.41 Å². The van der Waals surface area contributed by atoms with Gasteiger partial charge in [-0.15, -0.1) is 0 Å². The number of sulfonamides is 1. The molecule has 5 nitrogen and oxygen atoms in total. The van der Waals surface area contributed by atoms with E-state index in [0.29, 0.717) is 18.4 Å². The molecule has 0 radical (unpaired) electrons. The summed E-state index contributed by atoms with van der Waals surface area (Å²) < 4.78 is 27.8. The molecule has 0 spiro atoms. The van der Waals surface area contributed by atoms with E-state index in [1.807, 2.05) is 13.0 Å². The lowest BCUT2D eigenvalue weighted by atomic mass is 9.98. The summed E-state index contributed by atoms with van der Waals surface area (Å²) in [6.45, 7) is 3.70. The van der Waals surface area contributed by atoms with Crippen molar-refractivity contribution in [3.63, 3.8) is 0 Å². The van der Waals surface area contributed by atoms with Crippen molar-refractivity contribution in [2.45, 2.75) is 50.0 Å². The first-order chi connectivity index (χ1) is 9.27. The topological polar surface area (TPSA) is 96.0 Å². The molecule has 2 rings (SSSR count). The highest BCUT2D eigenvalue weighted by molar-refractivity contribution is 7.89. The largest absolute Gasteiger partial charge is 0.386 e. The van der Waals surface area contributed by atoms with Gasteiger partial charge in [-0.25, -0.2) is 8.42 Å². The minimum atomic E-state index is -3.67. The Labute approximate surface area is 120 Å². The van der Waals surface area contributed by atoms with Crippen LogP contribution in [0.3, 0.4) is 0 Å². The van der Waals surface area contributed by atoms with Crippen LogP contribution >= 0.6 is 0 Å². The van der Waals surface area contributed by atoms with E-state index in [0.717, 1.165) is 18.4 Å². The van der Waals surface area contributed by atoms with Gasteiger partial charge in [-0.3, -0.25) is 5.41 Å².